The number of non-ortho nitro benzene ring substituents is 1. The number of rotatable bonds is 4. The van der Waals surface area contributed by atoms with Crippen LogP contribution in [0.3, 0.4) is 0 Å². The fraction of sp³-hybridized carbons (Fsp3) is 0.133. The van der Waals surface area contributed by atoms with Crippen LogP contribution in [0.2, 0.25) is 0 Å². The summed E-state index contributed by atoms with van der Waals surface area (Å²) >= 11 is 0. The van der Waals surface area contributed by atoms with Gasteiger partial charge in [-0.25, -0.2) is 0 Å². The Morgan fingerprint density at radius 3 is 2.64 bits per heavy atom. The van der Waals surface area contributed by atoms with Crippen molar-refractivity contribution in [2.75, 3.05) is 11.9 Å². The Hall–Kier alpha value is -3.09. The van der Waals surface area contributed by atoms with Gasteiger partial charge in [-0.15, -0.1) is 0 Å². The van der Waals surface area contributed by atoms with Crippen LogP contribution in [-0.2, 0) is 6.54 Å². The molecule has 7 heteroatoms. The van der Waals surface area contributed by atoms with Crippen molar-refractivity contribution < 1.29 is 4.92 Å². The normalized spacial score (nSPS) is 10.6. The highest BCUT2D eigenvalue weighted by Gasteiger charge is 2.16. The quantitative estimate of drug-likeness (QED) is 0.543. The second kappa shape index (κ2) is 5.72. The maximum atomic E-state index is 11.1. The number of nitro benzene ring substituents is 1. The Morgan fingerprint density at radius 1 is 1.09 bits per heavy atom. The summed E-state index contributed by atoms with van der Waals surface area (Å²) in [7, 11) is 1.91. The van der Waals surface area contributed by atoms with Gasteiger partial charge in [-0.1, -0.05) is 0 Å². The summed E-state index contributed by atoms with van der Waals surface area (Å²) in [4.78, 5) is 25.0. The predicted molar refractivity (Wildman–Crippen MR) is 82.5 cm³/mol. The summed E-state index contributed by atoms with van der Waals surface area (Å²) in [5, 5.41) is 12.4. The molecule has 2 heterocycles. The smallest absolute Gasteiger partial charge is 0.278 e. The van der Waals surface area contributed by atoms with Crippen molar-refractivity contribution in [1.82, 2.24) is 15.0 Å². The maximum absolute atomic E-state index is 11.1. The molecule has 0 N–H and O–H groups in total. The number of nitro groups is 1. The van der Waals surface area contributed by atoms with E-state index in [1.807, 2.05) is 11.9 Å². The molecule has 22 heavy (non-hydrogen) atoms. The van der Waals surface area contributed by atoms with Crippen LogP contribution in [0, 0.1) is 10.1 Å². The molecule has 0 atom stereocenters. The second-order valence-corrected chi connectivity index (χ2v) is 4.83. The number of hydrogen-bond acceptors (Lipinski definition) is 6. The Balaban J connectivity index is 2.04. The molecule has 0 saturated carbocycles. The zero-order chi connectivity index (χ0) is 15.5. The summed E-state index contributed by atoms with van der Waals surface area (Å²) < 4.78 is 0. The lowest BCUT2D eigenvalue weighted by Gasteiger charge is -2.20. The van der Waals surface area contributed by atoms with Gasteiger partial charge in [-0.3, -0.25) is 25.1 Å². The van der Waals surface area contributed by atoms with Gasteiger partial charge in [0.25, 0.3) is 5.69 Å². The lowest BCUT2D eigenvalue weighted by atomic mass is 10.1. The first kappa shape index (κ1) is 13.9. The molecule has 1 aromatic carbocycles. The molecule has 0 saturated heterocycles. The predicted octanol–water partition coefficient (Wildman–Crippen LogP) is 2.57. The van der Waals surface area contributed by atoms with Crippen LogP contribution in [0.1, 0.15) is 5.69 Å². The molecule has 0 fully saturated rings. The van der Waals surface area contributed by atoms with Gasteiger partial charge in [-0.2, -0.15) is 0 Å². The number of nitrogens with zero attached hydrogens (tertiary/aromatic N) is 5. The minimum atomic E-state index is -0.392. The molecular formula is C15H13N5O2. The monoisotopic (exact) mass is 295 g/mol. The summed E-state index contributed by atoms with van der Waals surface area (Å²) in [5.41, 5.74) is 1.76. The Labute approximate surface area is 126 Å². The van der Waals surface area contributed by atoms with Crippen LogP contribution >= 0.6 is 0 Å². The number of hydrogen-bond donors (Lipinski definition) is 0. The molecule has 7 nitrogen and oxygen atoms in total. The fourth-order valence-corrected chi connectivity index (χ4v) is 2.39. The lowest BCUT2D eigenvalue weighted by molar-refractivity contribution is -0.383. The first-order valence-corrected chi connectivity index (χ1v) is 6.64. The van der Waals surface area contributed by atoms with Crippen LogP contribution in [0.25, 0.3) is 10.8 Å². The van der Waals surface area contributed by atoms with Gasteiger partial charge < -0.3 is 4.90 Å². The van der Waals surface area contributed by atoms with E-state index in [1.54, 1.807) is 36.9 Å². The third-order valence-corrected chi connectivity index (χ3v) is 3.40. The summed E-state index contributed by atoms with van der Waals surface area (Å²) in [5.74, 6) is 0. The van der Waals surface area contributed by atoms with Crippen LogP contribution in [0.5, 0.6) is 0 Å². The van der Waals surface area contributed by atoms with Gasteiger partial charge in [0, 0.05) is 49.0 Å². The number of aromatic nitrogens is 3. The molecule has 0 unspecified atom stereocenters. The zero-order valence-electron chi connectivity index (χ0n) is 11.9. The van der Waals surface area contributed by atoms with Crippen molar-refractivity contribution in [3.63, 3.8) is 0 Å². The average molecular weight is 295 g/mol. The Kier molecular flexibility index (Phi) is 3.61. The highest BCUT2D eigenvalue weighted by molar-refractivity contribution is 5.99. The zero-order valence-corrected chi connectivity index (χ0v) is 11.9. The lowest BCUT2D eigenvalue weighted by Crippen LogP contribution is -2.17. The number of pyridine rings is 1. The van der Waals surface area contributed by atoms with Gasteiger partial charge in [0.2, 0.25) is 0 Å². The van der Waals surface area contributed by atoms with Crippen LogP contribution in [0.4, 0.5) is 11.4 Å². The van der Waals surface area contributed by atoms with E-state index in [1.165, 1.54) is 12.3 Å². The van der Waals surface area contributed by atoms with Crippen molar-refractivity contribution in [3.8, 4) is 0 Å². The first-order chi connectivity index (χ1) is 10.7. The molecule has 0 radical (unpaired) electrons. The molecule has 0 aliphatic carbocycles. The van der Waals surface area contributed by atoms with Gasteiger partial charge in [-0.05, 0) is 12.1 Å². The minimum Gasteiger partial charge on any atom is -0.368 e. The van der Waals surface area contributed by atoms with E-state index in [4.69, 9.17) is 0 Å². The molecule has 3 rings (SSSR count). The SMILES string of the molecule is CN(Cc1cnccn1)c1ccc([N+](=O)[O-])c2cnccc12. The molecule has 0 aliphatic heterocycles. The van der Waals surface area contributed by atoms with E-state index in [-0.39, 0.29) is 5.69 Å². The van der Waals surface area contributed by atoms with E-state index in [9.17, 15) is 10.1 Å². The molecule has 0 amide bonds. The molecule has 2 aromatic heterocycles. The standard InChI is InChI=1S/C15H13N5O2/c1-19(10-11-8-17-6-7-18-11)14-2-3-15(20(21)22)13-9-16-5-4-12(13)14/h2-9H,10H2,1H3. The van der Waals surface area contributed by atoms with Crippen molar-refractivity contribution in [2.24, 2.45) is 0 Å². The minimum absolute atomic E-state index is 0.0553. The number of fused-ring (bicyclic) bond motifs is 1. The van der Waals surface area contributed by atoms with Gasteiger partial charge in [0.05, 0.1) is 28.7 Å². The van der Waals surface area contributed by atoms with E-state index in [0.29, 0.717) is 11.9 Å². The van der Waals surface area contributed by atoms with Crippen LogP contribution < -0.4 is 4.90 Å². The largest absolute Gasteiger partial charge is 0.368 e. The van der Waals surface area contributed by atoms with Crippen LogP contribution in [-0.4, -0.2) is 26.9 Å². The second-order valence-electron chi connectivity index (χ2n) is 4.83. The highest BCUT2D eigenvalue weighted by Crippen LogP contribution is 2.32. The maximum Gasteiger partial charge on any atom is 0.278 e. The summed E-state index contributed by atoms with van der Waals surface area (Å²) in [6, 6.07) is 5.04. The number of benzene rings is 1. The van der Waals surface area contributed by atoms with Crippen molar-refractivity contribution in [1.29, 1.82) is 0 Å². The third kappa shape index (κ3) is 2.56. The molecule has 0 bridgehead atoms. The van der Waals surface area contributed by atoms with Crippen molar-refractivity contribution in [2.45, 2.75) is 6.54 Å². The van der Waals surface area contributed by atoms with Gasteiger partial charge in [0.15, 0.2) is 0 Å². The van der Waals surface area contributed by atoms with E-state index >= 15 is 0 Å². The van der Waals surface area contributed by atoms with Crippen LogP contribution in [0.15, 0.2) is 49.2 Å². The summed E-state index contributed by atoms with van der Waals surface area (Å²) in [6.07, 6.45) is 8.11. The average Bonchev–Trinajstić information content (AvgIpc) is 2.54. The molecule has 110 valence electrons. The Morgan fingerprint density at radius 2 is 1.91 bits per heavy atom. The number of anilines is 1. The van der Waals surface area contributed by atoms with E-state index in [0.717, 1.165) is 16.8 Å². The van der Waals surface area contributed by atoms with Crippen molar-refractivity contribution >= 4 is 22.1 Å². The molecule has 3 aromatic rings. The highest BCUT2D eigenvalue weighted by atomic mass is 16.6. The molecule has 0 aliphatic rings. The topological polar surface area (TPSA) is 85.0 Å². The first-order valence-electron chi connectivity index (χ1n) is 6.64. The molecule has 0 spiro atoms. The van der Waals surface area contributed by atoms with Gasteiger partial charge >= 0.3 is 0 Å². The van der Waals surface area contributed by atoms with Crippen molar-refractivity contribution in [3.05, 3.63) is 65.0 Å². The fourth-order valence-electron chi connectivity index (χ4n) is 2.39. The third-order valence-electron chi connectivity index (χ3n) is 3.40. The van der Waals surface area contributed by atoms with Gasteiger partial charge in [0.1, 0.15) is 0 Å². The molecular weight excluding hydrogens is 282 g/mol. The Bertz CT molecular complexity index is 823. The van der Waals surface area contributed by atoms with E-state index < -0.39 is 4.92 Å². The van der Waals surface area contributed by atoms with E-state index in [2.05, 4.69) is 15.0 Å². The summed E-state index contributed by atoms with van der Waals surface area (Å²) in [6.45, 7) is 0.559.